The number of likely N-dealkylation sites (N-methyl/N-ethyl adjacent to an activating group) is 1. The standard InChI is InChI=1S/C23H26N4O4/c1-13-18(22(28)26(2)3)19(14-11-12-17(29-4)21(31-6)20(14)30-5)27-16-10-8-7-9-15(16)25-23(27)24-13/h7-12,19H,1-6H3,(H,24,25)/t19-/m0/s1. The van der Waals surface area contributed by atoms with Crippen LogP contribution in [0.1, 0.15) is 18.5 Å². The van der Waals surface area contributed by atoms with Crippen molar-refractivity contribution in [1.29, 1.82) is 0 Å². The average Bonchev–Trinajstić information content (AvgIpc) is 3.14. The summed E-state index contributed by atoms with van der Waals surface area (Å²) < 4.78 is 18.9. The van der Waals surface area contributed by atoms with Gasteiger partial charge in [-0.05, 0) is 31.2 Å². The summed E-state index contributed by atoms with van der Waals surface area (Å²) in [6.45, 7) is 1.89. The number of hydrogen-bond donors (Lipinski definition) is 1. The van der Waals surface area contributed by atoms with E-state index in [-0.39, 0.29) is 5.91 Å². The maximum absolute atomic E-state index is 13.3. The van der Waals surface area contributed by atoms with Crippen molar-refractivity contribution in [2.45, 2.75) is 13.0 Å². The fourth-order valence-corrected chi connectivity index (χ4v) is 4.12. The van der Waals surface area contributed by atoms with Crippen molar-refractivity contribution >= 4 is 22.9 Å². The van der Waals surface area contributed by atoms with Crippen LogP contribution in [0.2, 0.25) is 0 Å². The molecule has 0 saturated carbocycles. The van der Waals surface area contributed by atoms with E-state index in [1.165, 1.54) is 0 Å². The largest absolute Gasteiger partial charge is 0.493 e. The summed E-state index contributed by atoms with van der Waals surface area (Å²) in [6, 6.07) is 11.1. The molecule has 1 aliphatic heterocycles. The molecular formula is C23H26N4O4. The highest BCUT2D eigenvalue weighted by Gasteiger charge is 2.37. The molecule has 0 spiro atoms. The van der Waals surface area contributed by atoms with Crippen LogP contribution in [0, 0.1) is 0 Å². The maximum atomic E-state index is 13.3. The van der Waals surface area contributed by atoms with Gasteiger partial charge in [-0.2, -0.15) is 0 Å². The molecule has 0 saturated heterocycles. The van der Waals surface area contributed by atoms with Crippen molar-refractivity contribution in [2.24, 2.45) is 0 Å². The Kier molecular flexibility index (Phi) is 5.22. The van der Waals surface area contributed by atoms with Crippen molar-refractivity contribution in [3.05, 3.63) is 53.2 Å². The van der Waals surface area contributed by atoms with E-state index < -0.39 is 6.04 Å². The van der Waals surface area contributed by atoms with Crippen LogP contribution < -0.4 is 19.5 Å². The summed E-state index contributed by atoms with van der Waals surface area (Å²) in [7, 11) is 8.21. The molecular weight excluding hydrogens is 396 g/mol. The van der Waals surface area contributed by atoms with Crippen LogP contribution in [0.3, 0.4) is 0 Å². The molecule has 8 nitrogen and oxygen atoms in total. The molecule has 1 aromatic heterocycles. The second-order valence-electron chi connectivity index (χ2n) is 7.48. The number of nitrogens with one attached hydrogen (secondary N) is 1. The summed E-state index contributed by atoms with van der Waals surface area (Å²) >= 11 is 0. The molecule has 0 radical (unpaired) electrons. The summed E-state index contributed by atoms with van der Waals surface area (Å²) in [6.07, 6.45) is 0. The first-order chi connectivity index (χ1) is 14.9. The number of carbonyl (C=O) groups is 1. The molecule has 1 atom stereocenters. The van der Waals surface area contributed by atoms with Gasteiger partial charge in [0.15, 0.2) is 11.5 Å². The van der Waals surface area contributed by atoms with Crippen LogP contribution >= 0.6 is 0 Å². The lowest BCUT2D eigenvalue weighted by Gasteiger charge is -2.33. The summed E-state index contributed by atoms with van der Waals surface area (Å²) in [5.41, 5.74) is 3.86. The Balaban J connectivity index is 2.07. The number of nitrogens with zero attached hydrogens (tertiary/aromatic N) is 3. The van der Waals surface area contributed by atoms with E-state index in [2.05, 4.69) is 5.32 Å². The minimum absolute atomic E-state index is 0.102. The number of benzene rings is 2. The first-order valence-corrected chi connectivity index (χ1v) is 9.88. The van der Waals surface area contributed by atoms with E-state index in [1.54, 1.807) is 40.3 Å². The number of para-hydroxylation sites is 2. The lowest BCUT2D eigenvalue weighted by molar-refractivity contribution is -0.125. The number of hydrogen-bond acceptors (Lipinski definition) is 6. The van der Waals surface area contributed by atoms with Gasteiger partial charge in [-0.1, -0.05) is 12.1 Å². The van der Waals surface area contributed by atoms with Crippen LogP contribution in [0.15, 0.2) is 47.7 Å². The average molecular weight is 422 g/mol. The predicted molar refractivity (Wildman–Crippen MR) is 119 cm³/mol. The monoisotopic (exact) mass is 422 g/mol. The van der Waals surface area contributed by atoms with E-state index in [0.29, 0.717) is 28.8 Å². The van der Waals surface area contributed by atoms with E-state index in [1.807, 2.05) is 47.9 Å². The number of methoxy groups -OCH3 is 3. The van der Waals surface area contributed by atoms with Crippen LogP contribution in [-0.4, -0.2) is 55.8 Å². The lowest BCUT2D eigenvalue weighted by atomic mass is 9.92. The molecule has 3 aromatic rings. The van der Waals surface area contributed by atoms with E-state index >= 15 is 0 Å². The highest BCUT2D eigenvalue weighted by Crippen LogP contribution is 2.48. The smallest absolute Gasteiger partial charge is 0.253 e. The Morgan fingerprint density at radius 1 is 1.03 bits per heavy atom. The first kappa shape index (κ1) is 20.6. The highest BCUT2D eigenvalue weighted by molar-refractivity contribution is 5.97. The summed E-state index contributed by atoms with van der Waals surface area (Å²) in [4.78, 5) is 19.7. The number of imidazole rings is 1. The number of aromatic nitrogens is 2. The zero-order valence-corrected chi connectivity index (χ0v) is 18.5. The number of fused-ring (bicyclic) bond motifs is 3. The molecule has 1 N–H and O–H groups in total. The SMILES string of the molecule is COc1ccc([C@H]2C(C(=O)N(C)C)=C(C)Nc3nc4ccccc4n32)c(OC)c1OC. The van der Waals surface area contributed by atoms with Gasteiger partial charge in [0.25, 0.3) is 5.91 Å². The van der Waals surface area contributed by atoms with Crippen molar-refractivity contribution in [3.8, 4) is 17.2 Å². The topological polar surface area (TPSA) is 77.9 Å². The van der Waals surface area contributed by atoms with Gasteiger partial charge in [0.05, 0.1) is 44.0 Å². The van der Waals surface area contributed by atoms with Gasteiger partial charge < -0.3 is 24.4 Å². The number of allylic oxidation sites excluding steroid dienone is 1. The second-order valence-corrected chi connectivity index (χ2v) is 7.48. The molecule has 2 heterocycles. The Morgan fingerprint density at radius 2 is 1.74 bits per heavy atom. The number of ether oxygens (including phenoxy) is 3. The number of amides is 1. The minimum atomic E-state index is -0.478. The third kappa shape index (κ3) is 3.15. The zero-order valence-electron chi connectivity index (χ0n) is 18.5. The van der Waals surface area contributed by atoms with Gasteiger partial charge in [-0.3, -0.25) is 9.36 Å². The quantitative estimate of drug-likeness (QED) is 0.679. The molecule has 0 bridgehead atoms. The molecule has 4 rings (SSSR count). The second kappa shape index (κ2) is 7.86. The maximum Gasteiger partial charge on any atom is 0.253 e. The van der Waals surface area contributed by atoms with E-state index in [0.717, 1.165) is 22.3 Å². The fraction of sp³-hybridized carbons (Fsp3) is 0.304. The number of anilines is 1. The summed E-state index contributed by atoms with van der Waals surface area (Å²) in [5.74, 6) is 2.09. The summed E-state index contributed by atoms with van der Waals surface area (Å²) in [5, 5.41) is 3.31. The van der Waals surface area contributed by atoms with Crippen LogP contribution in [0.4, 0.5) is 5.95 Å². The molecule has 162 valence electrons. The van der Waals surface area contributed by atoms with Crippen LogP contribution in [0.5, 0.6) is 17.2 Å². The fourth-order valence-electron chi connectivity index (χ4n) is 4.12. The van der Waals surface area contributed by atoms with Crippen LogP contribution in [-0.2, 0) is 4.79 Å². The first-order valence-electron chi connectivity index (χ1n) is 9.88. The van der Waals surface area contributed by atoms with Gasteiger partial charge in [0.1, 0.15) is 0 Å². The molecule has 8 heteroatoms. The van der Waals surface area contributed by atoms with E-state index in [4.69, 9.17) is 19.2 Å². The molecule has 1 amide bonds. The van der Waals surface area contributed by atoms with Gasteiger partial charge in [-0.15, -0.1) is 0 Å². The molecule has 2 aromatic carbocycles. The predicted octanol–water partition coefficient (Wildman–Crippen LogP) is 3.44. The number of carbonyl (C=O) groups excluding carboxylic acids is 1. The Bertz CT molecular complexity index is 1200. The third-order valence-electron chi connectivity index (χ3n) is 5.50. The molecule has 31 heavy (non-hydrogen) atoms. The van der Waals surface area contributed by atoms with Crippen molar-refractivity contribution < 1.29 is 19.0 Å². The molecule has 1 aliphatic rings. The van der Waals surface area contributed by atoms with Gasteiger partial charge >= 0.3 is 0 Å². The molecule has 0 aliphatic carbocycles. The lowest BCUT2D eigenvalue weighted by Crippen LogP contribution is -2.34. The zero-order chi connectivity index (χ0) is 22.3. The van der Waals surface area contributed by atoms with Crippen LogP contribution in [0.25, 0.3) is 11.0 Å². The normalized spacial score (nSPS) is 15.4. The molecule has 0 fully saturated rings. The van der Waals surface area contributed by atoms with E-state index in [9.17, 15) is 4.79 Å². The Labute approximate surface area is 181 Å². The minimum Gasteiger partial charge on any atom is -0.493 e. The Hall–Kier alpha value is -3.68. The molecule has 0 unspecified atom stereocenters. The van der Waals surface area contributed by atoms with Gasteiger partial charge in [-0.25, -0.2) is 4.98 Å². The van der Waals surface area contributed by atoms with Crippen molar-refractivity contribution in [2.75, 3.05) is 40.7 Å². The van der Waals surface area contributed by atoms with Crippen molar-refractivity contribution in [1.82, 2.24) is 14.5 Å². The van der Waals surface area contributed by atoms with Gasteiger partial charge in [0, 0.05) is 25.4 Å². The van der Waals surface area contributed by atoms with Gasteiger partial charge in [0.2, 0.25) is 11.7 Å². The van der Waals surface area contributed by atoms with Crippen molar-refractivity contribution in [3.63, 3.8) is 0 Å². The third-order valence-corrected chi connectivity index (χ3v) is 5.50. The number of rotatable bonds is 5. The highest BCUT2D eigenvalue weighted by atomic mass is 16.5. The Morgan fingerprint density at radius 3 is 2.39 bits per heavy atom.